The van der Waals surface area contributed by atoms with Crippen molar-refractivity contribution >= 4 is 5.91 Å². The Bertz CT molecular complexity index is 523. The number of likely N-dealkylation sites (tertiary alicyclic amines) is 1. The topological polar surface area (TPSA) is 44.8 Å². The Labute approximate surface area is 138 Å². The summed E-state index contributed by atoms with van der Waals surface area (Å²) in [5.41, 5.74) is 1.01. The number of nitrogens with one attached hydrogen (secondary N) is 1. The van der Waals surface area contributed by atoms with Gasteiger partial charge in [-0.05, 0) is 38.9 Å². The molecule has 5 nitrogen and oxygen atoms in total. The standard InChI is InChI=1S/C18H27N3O2/c1-2-23-16-8-4-3-7-15(16)17(20-11-5-6-12-20)18(22)21-13-9-19-10-14-21/h3-4,7-8,17,19H,2,5-6,9-14H2,1H3. The Morgan fingerprint density at radius 2 is 1.87 bits per heavy atom. The van der Waals surface area contributed by atoms with Crippen molar-refractivity contribution in [2.45, 2.75) is 25.8 Å². The lowest BCUT2D eigenvalue weighted by Gasteiger charge is -2.35. The summed E-state index contributed by atoms with van der Waals surface area (Å²) >= 11 is 0. The number of hydrogen-bond acceptors (Lipinski definition) is 4. The van der Waals surface area contributed by atoms with Crippen molar-refractivity contribution < 1.29 is 9.53 Å². The fraction of sp³-hybridized carbons (Fsp3) is 0.611. The van der Waals surface area contributed by atoms with Gasteiger partial charge in [-0.3, -0.25) is 9.69 Å². The second-order valence-corrected chi connectivity index (χ2v) is 6.19. The molecule has 2 aliphatic heterocycles. The molecule has 2 aliphatic rings. The summed E-state index contributed by atoms with van der Waals surface area (Å²) in [6, 6.07) is 7.80. The minimum atomic E-state index is -0.210. The lowest BCUT2D eigenvalue weighted by atomic mass is 10.0. The van der Waals surface area contributed by atoms with E-state index >= 15 is 0 Å². The maximum Gasteiger partial charge on any atom is 0.244 e. The van der Waals surface area contributed by atoms with Crippen LogP contribution in [0.2, 0.25) is 0 Å². The number of ether oxygens (including phenoxy) is 1. The quantitative estimate of drug-likeness (QED) is 0.897. The molecule has 1 unspecified atom stereocenters. The first-order valence-corrected chi connectivity index (χ1v) is 8.76. The van der Waals surface area contributed by atoms with Crippen LogP contribution in [0.4, 0.5) is 0 Å². The van der Waals surface area contributed by atoms with E-state index < -0.39 is 0 Å². The molecule has 1 aromatic carbocycles. The van der Waals surface area contributed by atoms with Gasteiger partial charge in [0, 0.05) is 31.7 Å². The molecule has 1 aromatic rings. The summed E-state index contributed by atoms with van der Waals surface area (Å²) in [6.07, 6.45) is 2.34. The number of carbonyl (C=O) groups excluding carboxylic acids is 1. The summed E-state index contributed by atoms with van der Waals surface area (Å²) in [7, 11) is 0. The molecule has 0 saturated carbocycles. The highest BCUT2D eigenvalue weighted by Gasteiger charge is 2.35. The third kappa shape index (κ3) is 3.67. The Hall–Kier alpha value is -1.59. The summed E-state index contributed by atoms with van der Waals surface area (Å²) in [5, 5.41) is 3.32. The maximum absolute atomic E-state index is 13.2. The van der Waals surface area contributed by atoms with Gasteiger partial charge in [-0.1, -0.05) is 18.2 Å². The summed E-state index contributed by atoms with van der Waals surface area (Å²) in [4.78, 5) is 17.6. The van der Waals surface area contributed by atoms with Gasteiger partial charge in [0.25, 0.3) is 0 Å². The van der Waals surface area contributed by atoms with E-state index in [9.17, 15) is 4.79 Å². The second kappa shape index (κ2) is 7.79. The minimum absolute atomic E-state index is 0.210. The zero-order valence-corrected chi connectivity index (χ0v) is 14.0. The van der Waals surface area contributed by atoms with Gasteiger partial charge >= 0.3 is 0 Å². The van der Waals surface area contributed by atoms with Crippen LogP contribution in [0.1, 0.15) is 31.4 Å². The fourth-order valence-electron chi connectivity index (χ4n) is 3.54. The molecule has 1 amide bonds. The van der Waals surface area contributed by atoms with Gasteiger partial charge in [-0.2, -0.15) is 0 Å². The molecule has 2 fully saturated rings. The van der Waals surface area contributed by atoms with Crippen LogP contribution < -0.4 is 10.1 Å². The summed E-state index contributed by atoms with van der Waals surface area (Å²) in [5.74, 6) is 1.07. The van der Waals surface area contributed by atoms with Crippen LogP contribution in [0.3, 0.4) is 0 Å². The van der Waals surface area contributed by atoms with Crippen LogP contribution in [-0.2, 0) is 4.79 Å². The number of carbonyl (C=O) groups is 1. The predicted octanol–water partition coefficient (Wildman–Crippen LogP) is 1.65. The van der Waals surface area contributed by atoms with Crippen LogP contribution in [0, 0.1) is 0 Å². The van der Waals surface area contributed by atoms with E-state index in [4.69, 9.17) is 4.74 Å². The van der Waals surface area contributed by atoms with E-state index in [1.165, 1.54) is 12.8 Å². The second-order valence-electron chi connectivity index (χ2n) is 6.19. The van der Waals surface area contributed by atoms with Crippen molar-refractivity contribution in [3.05, 3.63) is 29.8 Å². The van der Waals surface area contributed by atoms with E-state index in [0.29, 0.717) is 6.61 Å². The molecule has 23 heavy (non-hydrogen) atoms. The van der Waals surface area contributed by atoms with Crippen molar-refractivity contribution in [3.63, 3.8) is 0 Å². The van der Waals surface area contributed by atoms with Crippen molar-refractivity contribution in [3.8, 4) is 5.75 Å². The lowest BCUT2D eigenvalue weighted by Crippen LogP contribution is -2.50. The largest absolute Gasteiger partial charge is 0.494 e. The first kappa shape index (κ1) is 16.3. The molecule has 2 saturated heterocycles. The Kier molecular flexibility index (Phi) is 5.51. The fourth-order valence-corrected chi connectivity index (χ4v) is 3.54. The molecule has 3 rings (SSSR count). The van der Waals surface area contributed by atoms with Gasteiger partial charge in [0.15, 0.2) is 0 Å². The number of piperazine rings is 1. The van der Waals surface area contributed by atoms with Gasteiger partial charge in [-0.15, -0.1) is 0 Å². The minimum Gasteiger partial charge on any atom is -0.494 e. The Morgan fingerprint density at radius 3 is 2.57 bits per heavy atom. The first-order valence-electron chi connectivity index (χ1n) is 8.76. The highest BCUT2D eigenvalue weighted by atomic mass is 16.5. The third-order valence-corrected chi connectivity index (χ3v) is 4.68. The highest BCUT2D eigenvalue weighted by Crippen LogP contribution is 2.33. The van der Waals surface area contributed by atoms with Crippen molar-refractivity contribution in [2.24, 2.45) is 0 Å². The van der Waals surface area contributed by atoms with E-state index in [2.05, 4.69) is 10.2 Å². The van der Waals surface area contributed by atoms with Crippen LogP contribution in [0.5, 0.6) is 5.75 Å². The van der Waals surface area contributed by atoms with Crippen molar-refractivity contribution in [1.82, 2.24) is 15.1 Å². The zero-order valence-electron chi connectivity index (χ0n) is 14.0. The predicted molar refractivity (Wildman–Crippen MR) is 90.6 cm³/mol. The average Bonchev–Trinajstić information content (AvgIpc) is 3.12. The SMILES string of the molecule is CCOc1ccccc1C(C(=O)N1CCNCC1)N1CCCC1. The molecule has 2 heterocycles. The number of benzene rings is 1. The van der Waals surface area contributed by atoms with Crippen molar-refractivity contribution in [1.29, 1.82) is 0 Å². The van der Waals surface area contributed by atoms with Gasteiger partial charge < -0.3 is 15.0 Å². The Balaban J connectivity index is 1.90. The van der Waals surface area contributed by atoms with Crippen LogP contribution >= 0.6 is 0 Å². The van der Waals surface area contributed by atoms with E-state index in [1.54, 1.807) is 0 Å². The van der Waals surface area contributed by atoms with E-state index in [-0.39, 0.29) is 11.9 Å². The molecule has 1 atom stereocenters. The normalized spacial score (nSPS) is 20.5. The van der Waals surface area contributed by atoms with Gasteiger partial charge in [0.2, 0.25) is 5.91 Å². The maximum atomic E-state index is 13.2. The van der Waals surface area contributed by atoms with Crippen LogP contribution in [0.25, 0.3) is 0 Å². The monoisotopic (exact) mass is 317 g/mol. The zero-order chi connectivity index (χ0) is 16.1. The van der Waals surface area contributed by atoms with Gasteiger partial charge in [-0.25, -0.2) is 0 Å². The van der Waals surface area contributed by atoms with E-state index in [0.717, 1.165) is 50.6 Å². The highest BCUT2D eigenvalue weighted by molar-refractivity contribution is 5.84. The number of amides is 1. The molecular weight excluding hydrogens is 290 g/mol. The van der Waals surface area contributed by atoms with Gasteiger partial charge in [0.05, 0.1) is 6.61 Å². The molecule has 0 spiro atoms. The van der Waals surface area contributed by atoms with Crippen molar-refractivity contribution in [2.75, 3.05) is 45.9 Å². The molecule has 5 heteroatoms. The average molecular weight is 317 g/mol. The summed E-state index contributed by atoms with van der Waals surface area (Å²) < 4.78 is 5.81. The number of para-hydroxylation sites is 1. The van der Waals surface area contributed by atoms with E-state index in [1.807, 2.05) is 36.1 Å². The molecule has 1 N–H and O–H groups in total. The van der Waals surface area contributed by atoms with Crippen LogP contribution in [0.15, 0.2) is 24.3 Å². The smallest absolute Gasteiger partial charge is 0.244 e. The number of rotatable bonds is 5. The molecular formula is C18H27N3O2. The summed E-state index contributed by atoms with van der Waals surface area (Å²) in [6.45, 7) is 7.92. The third-order valence-electron chi connectivity index (χ3n) is 4.68. The molecule has 126 valence electrons. The van der Waals surface area contributed by atoms with Crippen LogP contribution in [-0.4, -0.2) is 61.6 Å². The molecule has 0 bridgehead atoms. The molecule has 0 aliphatic carbocycles. The lowest BCUT2D eigenvalue weighted by molar-refractivity contribution is -0.137. The number of nitrogens with zero attached hydrogens (tertiary/aromatic N) is 2. The number of hydrogen-bond donors (Lipinski definition) is 1. The molecule has 0 aromatic heterocycles. The van der Waals surface area contributed by atoms with Gasteiger partial charge in [0.1, 0.15) is 11.8 Å². The first-order chi connectivity index (χ1) is 11.3. The molecule has 0 radical (unpaired) electrons. The Morgan fingerprint density at radius 1 is 1.17 bits per heavy atom.